The second kappa shape index (κ2) is 6.07. The highest BCUT2D eigenvalue weighted by molar-refractivity contribution is 9.10. The number of piperazine rings is 1. The van der Waals surface area contributed by atoms with Gasteiger partial charge in [-0.2, -0.15) is 0 Å². The molecule has 0 spiro atoms. The summed E-state index contributed by atoms with van der Waals surface area (Å²) in [6.07, 6.45) is 1.73. The smallest absolute Gasteiger partial charge is 0.410 e. The van der Waals surface area contributed by atoms with E-state index in [4.69, 9.17) is 4.74 Å². The van der Waals surface area contributed by atoms with Gasteiger partial charge in [0.1, 0.15) is 5.60 Å². The van der Waals surface area contributed by atoms with Crippen LogP contribution in [0.4, 0.5) is 10.5 Å². The number of H-pyrrole nitrogens is 1. The summed E-state index contributed by atoms with van der Waals surface area (Å²) >= 11 is 3.57. The lowest BCUT2D eigenvalue weighted by Crippen LogP contribution is -2.50. The lowest BCUT2D eigenvalue weighted by molar-refractivity contribution is 0.0241. The molecule has 1 aliphatic heterocycles. The average Bonchev–Trinajstić information content (AvgIpc) is 2.93. The van der Waals surface area contributed by atoms with Crippen molar-refractivity contribution in [2.24, 2.45) is 0 Å². The summed E-state index contributed by atoms with van der Waals surface area (Å²) in [6, 6.07) is 6.31. The van der Waals surface area contributed by atoms with E-state index >= 15 is 0 Å². The number of aromatic amines is 1. The van der Waals surface area contributed by atoms with E-state index in [1.807, 2.05) is 27.0 Å². The van der Waals surface area contributed by atoms with Crippen LogP contribution in [0.3, 0.4) is 0 Å². The zero-order chi connectivity index (χ0) is 16.6. The van der Waals surface area contributed by atoms with Gasteiger partial charge in [0.05, 0.1) is 0 Å². The number of amides is 1. The number of aromatic nitrogens is 1. The predicted molar refractivity (Wildman–Crippen MR) is 96.0 cm³/mol. The third-order valence-corrected chi connectivity index (χ3v) is 4.34. The Hall–Kier alpha value is -1.69. The Balaban J connectivity index is 1.71. The summed E-state index contributed by atoms with van der Waals surface area (Å²) in [5, 5.41) is 1.21. The maximum Gasteiger partial charge on any atom is 0.410 e. The number of rotatable bonds is 1. The first-order valence-electron chi connectivity index (χ1n) is 7.83. The average molecular weight is 380 g/mol. The lowest BCUT2D eigenvalue weighted by Gasteiger charge is -2.37. The highest BCUT2D eigenvalue weighted by Crippen LogP contribution is 2.31. The third-order valence-electron chi connectivity index (χ3n) is 3.88. The minimum Gasteiger partial charge on any atom is -0.444 e. The molecule has 1 aliphatic rings. The molecule has 0 radical (unpaired) electrons. The number of benzene rings is 1. The zero-order valence-electron chi connectivity index (χ0n) is 13.7. The van der Waals surface area contributed by atoms with Crippen molar-refractivity contribution in [2.75, 3.05) is 31.1 Å². The van der Waals surface area contributed by atoms with Gasteiger partial charge in [0, 0.05) is 53.4 Å². The summed E-state index contributed by atoms with van der Waals surface area (Å²) in [5.74, 6) is 0. The molecule has 0 unspecified atom stereocenters. The van der Waals surface area contributed by atoms with Crippen LogP contribution in [0.15, 0.2) is 28.9 Å². The summed E-state index contributed by atoms with van der Waals surface area (Å²) in [5.41, 5.74) is 1.86. The summed E-state index contributed by atoms with van der Waals surface area (Å²) in [4.78, 5) is 19.5. The Labute approximate surface area is 144 Å². The van der Waals surface area contributed by atoms with Crippen LogP contribution >= 0.6 is 15.9 Å². The van der Waals surface area contributed by atoms with E-state index < -0.39 is 5.60 Å². The van der Waals surface area contributed by atoms with Gasteiger partial charge >= 0.3 is 6.09 Å². The molecule has 1 aromatic heterocycles. The molecule has 2 heterocycles. The van der Waals surface area contributed by atoms with E-state index in [1.165, 1.54) is 11.1 Å². The predicted octanol–water partition coefficient (Wildman–Crippen LogP) is 3.99. The minimum atomic E-state index is -0.449. The molecule has 0 saturated carbocycles. The number of fused-ring (bicyclic) bond motifs is 1. The Morgan fingerprint density at radius 1 is 1.22 bits per heavy atom. The second-order valence-electron chi connectivity index (χ2n) is 6.82. The van der Waals surface area contributed by atoms with Crippen LogP contribution in [-0.4, -0.2) is 47.8 Å². The molecule has 23 heavy (non-hydrogen) atoms. The number of carbonyl (C=O) groups excluding carboxylic acids is 1. The van der Waals surface area contributed by atoms with Crippen LogP contribution in [0.5, 0.6) is 0 Å². The molecule has 0 bridgehead atoms. The van der Waals surface area contributed by atoms with E-state index in [1.54, 1.807) is 4.90 Å². The van der Waals surface area contributed by atoms with Crippen LogP contribution in [0.25, 0.3) is 10.9 Å². The molecule has 1 amide bonds. The maximum absolute atomic E-state index is 12.2. The van der Waals surface area contributed by atoms with Crippen LogP contribution in [-0.2, 0) is 4.74 Å². The molecular weight excluding hydrogens is 358 g/mol. The fourth-order valence-electron chi connectivity index (χ4n) is 2.83. The van der Waals surface area contributed by atoms with Crippen molar-refractivity contribution in [2.45, 2.75) is 26.4 Å². The van der Waals surface area contributed by atoms with Crippen LogP contribution < -0.4 is 4.90 Å². The van der Waals surface area contributed by atoms with Gasteiger partial charge in [-0.05, 0) is 39.0 Å². The highest BCUT2D eigenvalue weighted by Gasteiger charge is 2.26. The Morgan fingerprint density at radius 2 is 1.91 bits per heavy atom. The Kier molecular flexibility index (Phi) is 4.27. The summed E-state index contributed by atoms with van der Waals surface area (Å²) in [7, 11) is 0. The SMILES string of the molecule is CC(C)(C)OC(=O)N1CCN(c2cc(Br)cc3[nH]ccc23)CC1. The van der Waals surface area contributed by atoms with E-state index in [2.05, 4.69) is 44.0 Å². The van der Waals surface area contributed by atoms with Crippen molar-refractivity contribution >= 4 is 38.6 Å². The first kappa shape index (κ1) is 16.2. The van der Waals surface area contributed by atoms with E-state index in [0.29, 0.717) is 13.1 Å². The van der Waals surface area contributed by atoms with Crippen molar-refractivity contribution in [3.8, 4) is 0 Å². The molecular formula is C17H22BrN3O2. The summed E-state index contributed by atoms with van der Waals surface area (Å²) < 4.78 is 6.50. The zero-order valence-corrected chi connectivity index (χ0v) is 15.3. The quantitative estimate of drug-likeness (QED) is 0.814. The number of hydrogen-bond acceptors (Lipinski definition) is 3. The molecule has 0 atom stereocenters. The van der Waals surface area contributed by atoms with Gasteiger partial charge in [0.15, 0.2) is 0 Å². The summed E-state index contributed by atoms with van der Waals surface area (Å²) in [6.45, 7) is 8.63. The fourth-order valence-corrected chi connectivity index (χ4v) is 3.28. The fraction of sp³-hybridized carbons (Fsp3) is 0.471. The monoisotopic (exact) mass is 379 g/mol. The molecule has 6 heteroatoms. The van der Waals surface area contributed by atoms with Gasteiger partial charge in [0.2, 0.25) is 0 Å². The first-order chi connectivity index (χ1) is 10.8. The second-order valence-corrected chi connectivity index (χ2v) is 7.73. The van der Waals surface area contributed by atoms with Gasteiger partial charge in [-0.3, -0.25) is 0 Å². The van der Waals surface area contributed by atoms with Gasteiger partial charge in [-0.1, -0.05) is 15.9 Å². The number of ether oxygens (including phenoxy) is 1. The van der Waals surface area contributed by atoms with Gasteiger partial charge in [-0.15, -0.1) is 0 Å². The topological polar surface area (TPSA) is 48.6 Å². The first-order valence-corrected chi connectivity index (χ1v) is 8.62. The van der Waals surface area contributed by atoms with E-state index in [0.717, 1.165) is 23.1 Å². The van der Waals surface area contributed by atoms with Crippen LogP contribution in [0.2, 0.25) is 0 Å². The van der Waals surface area contributed by atoms with Crippen LogP contribution in [0.1, 0.15) is 20.8 Å². The highest BCUT2D eigenvalue weighted by atomic mass is 79.9. The van der Waals surface area contributed by atoms with Gasteiger partial charge < -0.3 is 19.5 Å². The number of carbonyl (C=O) groups is 1. The normalized spacial score (nSPS) is 16.0. The molecule has 3 rings (SSSR count). The number of anilines is 1. The van der Waals surface area contributed by atoms with Crippen molar-refractivity contribution in [3.05, 3.63) is 28.9 Å². The van der Waals surface area contributed by atoms with Crippen LogP contribution in [0, 0.1) is 0 Å². The number of nitrogens with zero attached hydrogens (tertiary/aromatic N) is 2. The van der Waals surface area contributed by atoms with Gasteiger partial charge in [-0.25, -0.2) is 4.79 Å². The maximum atomic E-state index is 12.2. The van der Waals surface area contributed by atoms with Gasteiger partial charge in [0.25, 0.3) is 0 Å². The van der Waals surface area contributed by atoms with E-state index in [9.17, 15) is 4.79 Å². The van der Waals surface area contributed by atoms with Crippen molar-refractivity contribution in [1.82, 2.24) is 9.88 Å². The molecule has 1 N–H and O–H groups in total. The number of hydrogen-bond donors (Lipinski definition) is 1. The molecule has 1 saturated heterocycles. The Morgan fingerprint density at radius 3 is 2.57 bits per heavy atom. The molecule has 124 valence electrons. The van der Waals surface area contributed by atoms with Crippen molar-refractivity contribution in [3.63, 3.8) is 0 Å². The molecule has 1 aromatic carbocycles. The third kappa shape index (κ3) is 3.63. The number of halogens is 1. The molecule has 1 fully saturated rings. The number of nitrogens with one attached hydrogen (secondary N) is 1. The molecule has 5 nitrogen and oxygen atoms in total. The minimum absolute atomic E-state index is 0.224. The van der Waals surface area contributed by atoms with Crippen molar-refractivity contribution in [1.29, 1.82) is 0 Å². The molecule has 2 aromatic rings. The molecule has 0 aliphatic carbocycles. The standard InChI is InChI=1S/C17H22BrN3O2/c1-17(2,3)23-16(22)21-8-6-20(7-9-21)15-11-12(18)10-14-13(15)4-5-19-14/h4-5,10-11,19H,6-9H2,1-3H3. The lowest BCUT2D eigenvalue weighted by atomic mass is 10.1. The van der Waals surface area contributed by atoms with E-state index in [-0.39, 0.29) is 6.09 Å². The Bertz CT molecular complexity index is 712. The largest absolute Gasteiger partial charge is 0.444 e. The van der Waals surface area contributed by atoms with Crippen molar-refractivity contribution < 1.29 is 9.53 Å².